The Balaban J connectivity index is 2.40. The van der Waals surface area contributed by atoms with Gasteiger partial charge in [0, 0.05) is 11.9 Å². The molecule has 2 N–H and O–H groups in total. The molecule has 0 aliphatic heterocycles. The Bertz CT molecular complexity index is 540. The van der Waals surface area contributed by atoms with Crippen molar-refractivity contribution in [2.24, 2.45) is 0 Å². The maximum atomic E-state index is 13.5. The van der Waals surface area contributed by atoms with Crippen molar-refractivity contribution in [1.29, 1.82) is 0 Å². The summed E-state index contributed by atoms with van der Waals surface area (Å²) in [6, 6.07) is 5.36. The van der Waals surface area contributed by atoms with E-state index in [2.05, 4.69) is 4.98 Å². The van der Waals surface area contributed by atoms with Crippen LogP contribution in [-0.4, -0.2) is 4.98 Å². The van der Waals surface area contributed by atoms with Crippen LogP contribution in [0.2, 0.25) is 5.02 Å². The molecule has 2 rings (SSSR count). The minimum atomic E-state index is -0.728. The molecule has 0 unspecified atom stereocenters. The molecule has 0 aliphatic carbocycles. The van der Waals surface area contributed by atoms with E-state index in [4.69, 9.17) is 17.3 Å². The number of anilines is 1. The number of hydrogen-bond donors (Lipinski definition) is 1. The molecular formula is C11H7ClF2N2S. The first-order chi connectivity index (χ1) is 8.08. The fourth-order valence-corrected chi connectivity index (χ4v) is 2.24. The first kappa shape index (κ1) is 12.1. The highest BCUT2D eigenvalue weighted by molar-refractivity contribution is 7.99. The molecule has 1 heterocycles. The SMILES string of the molecule is Nc1cc(F)c(Sc2ncccc2Cl)c(F)c1. The van der Waals surface area contributed by atoms with E-state index in [-0.39, 0.29) is 10.6 Å². The quantitative estimate of drug-likeness (QED) is 0.847. The van der Waals surface area contributed by atoms with Crippen molar-refractivity contribution in [1.82, 2.24) is 4.98 Å². The lowest BCUT2D eigenvalue weighted by atomic mass is 10.3. The predicted octanol–water partition coefficient (Wildman–Crippen LogP) is 3.75. The molecule has 0 fully saturated rings. The molecule has 0 saturated heterocycles. The van der Waals surface area contributed by atoms with Gasteiger partial charge in [-0.2, -0.15) is 0 Å². The summed E-state index contributed by atoms with van der Waals surface area (Å²) < 4.78 is 27.0. The van der Waals surface area contributed by atoms with Crippen molar-refractivity contribution in [3.8, 4) is 0 Å². The van der Waals surface area contributed by atoms with Gasteiger partial charge in [0.1, 0.15) is 16.7 Å². The Labute approximate surface area is 106 Å². The van der Waals surface area contributed by atoms with Crippen LogP contribution in [0.15, 0.2) is 40.4 Å². The molecule has 0 atom stereocenters. The van der Waals surface area contributed by atoms with Crippen LogP contribution >= 0.6 is 23.4 Å². The Morgan fingerprint density at radius 1 is 1.24 bits per heavy atom. The molecule has 0 aliphatic rings. The van der Waals surface area contributed by atoms with Crippen LogP contribution in [0.1, 0.15) is 0 Å². The van der Waals surface area contributed by atoms with Crippen molar-refractivity contribution >= 4 is 29.1 Å². The number of nitrogens with two attached hydrogens (primary N) is 1. The lowest BCUT2D eigenvalue weighted by Gasteiger charge is -2.06. The molecule has 1 aromatic carbocycles. The highest BCUT2D eigenvalue weighted by Gasteiger charge is 2.14. The first-order valence-corrected chi connectivity index (χ1v) is 5.80. The van der Waals surface area contributed by atoms with Crippen LogP contribution in [0, 0.1) is 11.6 Å². The van der Waals surface area contributed by atoms with Gasteiger partial charge in [0.15, 0.2) is 0 Å². The fourth-order valence-electron chi connectivity index (χ4n) is 1.22. The van der Waals surface area contributed by atoms with Crippen LogP contribution in [-0.2, 0) is 0 Å². The predicted molar refractivity (Wildman–Crippen MR) is 64.1 cm³/mol. The van der Waals surface area contributed by atoms with Gasteiger partial charge in [0.2, 0.25) is 0 Å². The Hall–Kier alpha value is -1.33. The number of benzene rings is 1. The summed E-state index contributed by atoms with van der Waals surface area (Å²) in [7, 11) is 0. The van der Waals surface area contributed by atoms with Gasteiger partial charge in [0.05, 0.1) is 9.92 Å². The second-order valence-electron chi connectivity index (χ2n) is 3.21. The maximum absolute atomic E-state index is 13.5. The third-order valence-corrected chi connectivity index (χ3v) is 3.47. The van der Waals surface area contributed by atoms with E-state index in [1.54, 1.807) is 12.1 Å². The molecule has 0 spiro atoms. The largest absolute Gasteiger partial charge is 0.399 e. The zero-order valence-corrected chi connectivity index (χ0v) is 10.0. The summed E-state index contributed by atoms with van der Waals surface area (Å²) >= 11 is 6.68. The molecule has 0 amide bonds. The van der Waals surface area contributed by atoms with Gasteiger partial charge in [-0.25, -0.2) is 13.8 Å². The second kappa shape index (κ2) is 4.89. The average molecular weight is 273 g/mol. The Morgan fingerprint density at radius 3 is 2.47 bits per heavy atom. The molecule has 0 saturated carbocycles. The number of nitrogens with zero attached hydrogens (tertiary/aromatic N) is 1. The maximum Gasteiger partial charge on any atom is 0.142 e. The molecule has 0 radical (unpaired) electrons. The van der Waals surface area contributed by atoms with E-state index in [0.29, 0.717) is 10.0 Å². The van der Waals surface area contributed by atoms with E-state index < -0.39 is 11.6 Å². The van der Waals surface area contributed by atoms with Crippen LogP contribution in [0.25, 0.3) is 0 Å². The summed E-state index contributed by atoms with van der Waals surface area (Å²) in [5.41, 5.74) is 5.36. The van der Waals surface area contributed by atoms with Gasteiger partial charge in [-0.3, -0.25) is 0 Å². The molecule has 2 nitrogen and oxygen atoms in total. The van der Waals surface area contributed by atoms with E-state index in [1.165, 1.54) is 6.20 Å². The number of pyridine rings is 1. The van der Waals surface area contributed by atoms with E-state index in [1.807, 2.05) is 0 Å². The minimum Gasteiger partial charge on any atom is -0.399 e. The molecule has 2 aromatic rings. The Morgan fingerprint density at radius 2 is 1.88 bits per heavy atom. The van der Waals surface area contributed by atoms with Crippen molar-refractivity contribution in [2.45, 2.75) is 9.92 Å². The van der Waals surface area contributed by atoms with Crippen LogP contribution < -0.4 is 5.73 Å². The van der Waals surface area contributed by atoms with E-state index >= 15 is 0 Å². The van der Waals surface area contributed by atoms with Gasteiger partial charge in [-0.05, 0) is 24.3 Å². The van der Waals surface area contributed by atoms with Crippen molar-refractivity contribution in [3.05, 3.63) is 47.1 Å². The molecule has 0 bridgehead atoms. The highest BCUT2D eigenvalue weighted by atomic mass is 35.5. The zero-order chi connectivity index (χ0) is 12.4. The van der Waals surface area contributed by atoms with Crippen molar-refractivity contribution in [2.75, 3.05) is 5.73 Å². The van der Waals surface area contributed by atoms with Gasteiger partial charge in [0.25, 0.3) is 0 Å². The van der Waals surface area contributed by atoms with Crippen LogP contribution in [0.3, 0.4) is 0 Å². The Kier molecular flexibility index (Phi) is 3.49. The minimum absolute atomic E-state index is 0.0384. The fraction of sp³-hybridized carbons (Fsp3) is 0. The average Bonchev–Trinajstić information content (AvgIpc) is 2.25. The monoisotopic (exact) mass is 272 g/mol. The summed E-state index contributed by atoms with van der Waals surface area (Å²) in [5.74, 6) is -1.46. The molecule has 6 heteroatoms. The van der Waals surface area contributed by atoms with Gasteiger partial charge < -0.3 is 5.73 Å². The molecular weight excluding hydrogens is 266 g/mol. The van der Waals surface area contributed by atoms with Gasteiger partial charge in [-0.15, -0.1) is 0 Å². The van der Waals surface area contributed by atoms with E-state index in [9.17, 15) is 8.78 Å². The lowest BCUT2D eigenvalue weighted by molar-refractivity contribution is 0.541. The number of aromatic nitrogens is 1. The van der Waals surface area contributed by atoms with E-state index in [0.717, 1.165) is 23.9 Å². The second-order valence-corrected chi connectivity index (χ2v) is 4.61. The summed E-state index contributed by atoms with van der Waals surface area (Å²) in [5, 5.41) is 0.685. The summed E-state index contributed by atoms with van der Waals surface area (Å²) in [6.07, 6.45) is 1.50. The smallest absolute Gasteiger partial charge is 0.142 e. The summed E-state index contributed by atoms with van der Waals surface area (Å²) in [4.78, 5) is 3.78. The van der Waals surface area contributed by atoms with Crippen LogP contribution in [0.4, 0.5) is 14.5 Å². The molecule has 1 aromatic heterocycles. The topological polar surface area (TPSA) is 38.9 Å². The standard InChI is InChI=1S/C11H7ClF2N2S/c12-7-2-1-3-16-11(7)17-10-8(13)4-6(15)5-9(10)14/h1-5H,15H2. The van der Waals surface area contributed by atoms with Crippen molar-refractivity contribution in [3.63, 3.8) is 0 Å². The summed E-state index contributed by atoms with van der Waals surface area (Å²) in [6.45, 7) is 0. The molecule has 17 heavy (non-hydrogen) atoms. The number of halogens is 3. The third kappa shape index (κ3) is 2.68. The zero-order valence-electron chi connectivity index (χ0n) is 8.45. The van der Waals surface area contributed by atoms with Gasteiger partial charge in [-0.1, -0.05) is 23.4 Å². The third-order valence-electron chi connectivity index (χ3n) is 1.94. The number of nitrogen functional groups attached to an aromatic ring is 1. The first-order valence-electron chi connectivity index (χ1n) is 4.61. The lowest BCUT2D eigenvalue weighted by Crippen LogP contribution is -1.93. The van der Waals surface area contributed by atoms with Crippen LogP contribution in [0.5, 0.6) is 0 Å². The number of rotatable bonds is 2. The molecule has 88 valence electrons. The highest BCUT2D eigenvalue weighted by Crippen LogP contribution is 2.35. The van der Waals surface area contributed by atoms with Crippen molar-refractivity contribution < 1.29 is 8.78 Å². The number of hydrogen-bond acceptors (Lipinski definition) is 3. The van der Waals surface area contributed by atoms with Gasteiger partial charge >= 0.3 is 0 Å². The normalized spacial score (nSPS) is 10.5.